The predicted molar refractivity (Wildman–Crippen MR) is 130 cm³/mol. The lowest BCUT2D eigenvalue weighted by atomic mass is 10.0. The van der Waals surface area contributed by atoms with Crippen molar-refractivity contribution >= 4 is 21.5 Å². The molecule has 1 heterocycles. The summed E-state index contributed by atoms with van der Waals surface area (Å²) in [5.74, 6) is 0.129. The van der Waals surface area contributed by atoms with Crippen LogP contribution in [0.25, 0.3) is 11.1 Å². The smallest absolute Gasteiger partial charge is 0.262 e. The molecule has 6 heteroatoms. The lowest BCUT2D eigenvalue weighted by molar-refractivity contribution is -0.118. The molecule has 0 aliphatic heterocycles. The summed E-state index contributed by atoms with van der Waals surface area (Å²) in [6, 6.07) is 27.1. The fourth-order valence-electron chi connectivity index (χ4n) is 3.60. The van der Waals surface area contributed by atoms with Gasteiger partial charge < -0.3 is 0 Å². The number of sulfonamides is 1. The lowest BCUT2D eigenvalue weighted by Crippen LogP contribution is -2.14. The highest BCUT2D eigenvalue weighted by molar-refractivity contribution is 7.92. The molecule has 1 aromatic heterocycles. The molecule has 5 nitrogen and oxygen atoms in total. The predicted octanol–water partition coefficient (Wildman–Crippen LogP) is 5.29. The van der Waals surface area contributed by atoms with Crippen molar-refractivity contribution in [3.63, 3.8) is 0 Å². The fraction of sp³-hybridized carbons (Fsp3) is 0.111. The highest BCUT2D eigenvalue weighted by atomic mass is 32.2. The van der Waals surface area contributed by atoms with Crippen molar-refractivity contribution in [2.75, 3.05) is 4.72 Å². The first kappa shape index (κ1) is 22.4. The second-order valence-electron chi connectivity index (χ2n) is 7.74. The Labute approximate surface area is 194 Å². The van der Waals surface area contributed by atoms with Crippen LogP contribution in [0.3, 0.4) is 0 Å². The maximum absolute atomic E-state index is 13.1. The first-order chi connectivity index (χ1) is 16.0. The van der Waals surface area contributed by atoms with Gasteiger partial charge in [-0.25, -0.2) is 8.42 Å². The summed E-state index contributed by atoms with van der Waals surface area (Å²) in [4.78, 5) is 16.6. The SMILES string of the molecule is O=C(CCc1cccnc1)Cc1ccc(NS(=O)(=O)c2ccccc2-c2ccccc2)cc1. The summed E-state index contributed by atoms with van der Waals surface area (Å²) in [6.07, 6.45) is 4.89. The normalized spacial score (nSPS) is 11.2. The Balaban J connectivity index is 1.42. The van der Waals surface area contributed by atoms with E-state index in [-0.39, 0.29) is 10.7 Å². The number of aryl methyl sites for hydroxylation is 1. The zero-order chi connectivity index (χ0) is 23.1. The Morgan fingerprint density at radius 1 is 0.788 bits per heavy atom. The second-order valence-corrected chi connectivity index (χ2v) is 9.39. The number of benzene rings is 3. The van der Waals surface area contributed by atoms with Gasteiger partial charge in [-0.3, -0.25) is 14.5 Å². The number of pyridine rings is 1. The van der Waals surface area contributed by atoms with E-state index in [4.69, 9.17) is 0 Å². The van der Waals surface area contributed by atoms with Crippen LogP contribution in [0, 0.1) is 0 Å². The number of carbonyl (C=O) groups excluding carboxylic acids is 1. The minimum Gasteiger partial charge on any atom is -0.299 e. The van der Waals surface area contributed by atoms with Crippen molar-refractivity contribution in [1.29, 1.82) is 0 Å². The second kappa shape index (κ2) is 10.2. The van der Waals surface area contributed by atoms with E-state index in [0.717, 1.165) is 16.7 Å². The Morgan fingerprint density at radius 2 is 1.52 bits per heavy atom. The molecule has 0 spiro atoms. The van der Waals surface area contributed by atoms with Gasteiger partial charge in [-0.1, -0.05) is 66.7 Å². The molecule has 0 radical (unpaired) electrons. The fourth-order valence-corrected chi connectivity index (χ4v) is 4.89. The van der Waals surface area contributed by atoms with E-state index in [1.165, 1.54) is 0 Å². The van der Waals surface area contributed by atoms with Crippen LogP contribution in [-0.2, 0) is 27.7 Å². The lowest BCUT2D eigenvalue weighted by Gasteiger charge is -2.13. The average molecular weight is 457 g/mol. The Morgan fingerprint density at radius 3 is 2.24 bits per heavy atom. The maximum Gasteiger partial charge on any atom is 0.262 e. The van der Waals surface area contributed by atoms with Crippen molar-refractivity contribution in [2.24, 2.45) is 0 Å². The largest absolute Gasteiger partial charge is 0.299 e. The van der Waals surface area contributed by atoms with Crippen LogP contribution in [0.4, 0.5) is 5.69 Å². The van der Waals surface area contributed by atoms with Gasteiger partial charge in [-0.15, -0.1) is 0 Å². The van der Waals surface area contributed by atoms with E-state index in [1.807, 2.05) is 48.5 Å². The molecule has 0 saturated heterocycles. The van der Waals surface area contributed by atoms with Crippen LogP contribution in [-0.4, -0.2) is 19.2 Å². The van der Waals surface area contributed by atoms with Gasteiger partial charge in [-0.2, -0.15) is 0 Å². The Hall–Kier alpha value is -3.77. The van der Waals surface area contributed by atoms with Crippen molar-refractivity contribution in [1.82, 2.24) is 4.98 Å². The monoisotopic (exact) mass is 456 g/mol. The number of carbonyl (C=O) groups is 1. The van der Waals surface area contributed by atoms with Gasteiger partial charge in [0.15, 0.2) is 0 Å². The summed E-state index contributed by atoms with van der Waals surface area (Å²) >= 11 is 0. The van der Waals surface area contributed by atoms with Crippen molar-refractivity contribution in [2.45, 2.75) is 24.2 Å². The molecule has 0 bridgehead atoms. The molecule has 0 aliphatic carbocycles. The quantitative estimate of drug-likeness (QED) is 0.371. The van der Waals surface area contributed by atoms with Gasteiger partial charge >= 0.3 is 0 Å². The Bertz CT molecular complexity index is 1320. The van der Waals surface area contributed by atoms with Crippen LogP contribution in [0.15, 0.2) is 108 Å². The number of hydrogen-bond acceptors (Lipinski definition) is 4. The molecule has 0 unspecified atom stereocenters. The molecule has 4 rings (SSSR count). The van der Waals surface area contributed by atoms with E-state index in [2.05, 4.69) is 9.71 Å². The summed E-state index contributed by atoms with van der Waals surface area (Å²) in [6.45, 7) is 0. The molecule has 0 atom stereocenters. The maximum atomic E-state index is 13.1. The van der Waals surface area contributed by atoms with Crippen molar-refractivity contribution in [3.8, 4) is 11.1 Å². The standard InChI is InChI=1S/C27H24N2O3S/c30-25(17-14-22-7-6-18-28-20-22)19-21-12-15-24(16-13-21)29-33(31,32)27-11-5-4-10-26(27)23-8-2-1-3-9-23/h1-13,15-16,18,20,29H,14,17,19H2. The van der Waals surface area contributed by atoms with Crippen molar-refractivity contribution in [3.05, 3.63) is 115 Å². The number of hydrogen-bond donors (Lipinski definition) is 1. The van der Waals surface area contributed by atoms with Crippen LogP contribution >= 0.6 is 0 Å². The van der Waals surface area contributed by atoms with E-state index in [9.17, 15) is 13.2 Å². The molecule has 166 valence electrons. The topological polar surface area (TPSA) is 76.1 Å². The zero-order valence-electron chi connectivity index (χ0n) is 18.0. The number of Topliss-reactive ketones (excluding diaryl/α,β-unsaturated/α-hetero) is 1. The first-order valence-electron chi connectivity index (χ1n) is 10.7. The highest BCUT2D eigenvalue weighted by Crippen LogP contribution is 2.28. The molecule has 0 fully saturated rings. The minimum absolute atomic E-state index is 0.129. The molecule has 0 amide bonds. The summed E-state index contributed by atoms with van der Waals surface area (Å²) in [7, 11) is -3.79. The molecule has 0 aliphatic rings. The number of aromatic nitrogens is 1. The van der Waals surface area contributed by atoms with Crippen molar-refractivity contribution < 1.29 is 13.2 Å². The third-order valence-electron chi connectivity index (χ3n) is 5.28. The van der Waals surface area contributed by atoms with Crippen LogP contribution in [0.5, 0.6) is 0 Å². The van der Waals surface area contributed by atoms with E-state index in [1.54, 1.807) is 54.9 Å². The molecule has 0 saturated carbocycles. The minimum atomic E-state index is -3.79. The van der Waals surface area contributed by atoms with Crippen LogP contribution < -0.4 is 4.72 Å². The summed E-state index contributed by atoms with van der Waals surface area (Å²) in [5, 5.41) is 0. The first-order valence-corrected chi connectivity index (χ1v) is 12.2. The number of rotatable bonds is 9. The van der Waals surface area contributed by atoms with Gasteiger partial charge in [0, 0.05) is 36.5 Å². The third kappa shape index (κ3) is 5.93. The van der Waals surface area contributed by atoms with Gasteiger partial charge in [0.2, 0.25) is 0 Å². The molecular weight excluding hydrogens is 432 g/mol. The number of nitrogens with zero attached hydrogens (tertiary/aromatic N) is 1. The van der Waals surface area contributed by atoms with Crippen LogP contribution in [0.2, 0.25) is 0 Å². The Kier molecular flexibility index (Phi) is 6.95. The van der Waals surface area contributed by atoms with Gasteiger partial charge in [-0.05, 0) is 47.4 Å². The molecule has 4 aromatic rings. The number of anilines is 1. The summed E-state index contributed by atoms with van der Waals surface area (Å²) < 4.78 is 28.9. The highest BCUT2D eigenvalue weighted by Gasteiger charge is 2.19. The van der Waals surface area contributed by atoms with Gasteiger partial charge in [0.05, 0.1) is 4.90 Å². The molecular formula is C27H24N2O3S. The molecule has 1 N–H and O–H groups in total. The summed E-state index contributed by atoms with van der Waals surface area (Å²) in [5.41, 5.74) is 3.80. The van der Waals surface area contributed by atoms with Crippen LogP contribution in [0.1, 0.15) is 17.5 Å². The number of ketones is 1. The van der Waals surface area contributed by atoms with E-state index in [0.29, 0.717) is 30.5 Å². The number of nitrogens with one attached hydrogen (secondary N) is 1. The molecule has 33 heavy (non-hydrogen) atoms. The third-order valence-corrected chi connectivity index (χ3v) is 6.72. The van der Waals surface area contributed by atoms with E-state index < -0.39 is 10.0 Å². The zero-order valence-corrected chi connectivity index (χ0v) is 18.8. The molecule has 3 aromatic carbocycles. The van der Waals surface area contributed by atoms with Gasteiger partial charge in [0.1, 0.15) is 5.78 Å². The van der Waals surface area contributed by atoms with E-state index >= 15 is 0 Å². The van der Waals surface area contributed by atoms with Gasteiger partial charge in [0.25, 0.3) is 10.0 Å². The average Bonchev–Trinajstić information content (AvgIpc) is 2.85.